The van der Waals surface area contributed by atoms with Gasteiger partial charge in [0, 0.05) is 17.1 Å². The number of benzene rings is 1. The first-order valence-corrected chi connectivity index (χ1v) is 9.01. The van der Waals surface area contributed by atoms with E-state index < -0.39 is 11.5 Å². The average Bonchev–Trinajstić information content (AvgIpc) is 2.55. The third kappa shape index (κ3) is 3.96. The molecular formula is C19H22BrN3O2. The second-order valence-electron chi connectivity index (χ2n) is 7.76. The van der Waals surface area contributed by atoms with E-state index in [1.807, 2.05) is 26.8 Å². The van der Waals surface area contributed by atoms with Crippen LogP contribution < -0.4 is 0 Å². The molecule has 0 spiro atoms. The van der Waals surface area contributed by atoms with E-state index in [-0.39, 0.29) is 11.5 Å². The molecule has 1 N–H and O–H groups in total. The fraction of sp³-hybridized carbons (Fsp3) is 0.526. The average molecular weight is 404 g/mol. The van der Waals surface area contributed by atoms with Crippen molar-refractivity contribution in [3.8, 4) is 12.1 Å². The van der Waals surface area contributed by atoms with Crippen molar-refractivity contribution in [3.05, 3.63) is 33.8 Å². The minimum atomic E-state index is -0.940. The van der Waals surface area contributed by atoms with Crippen LogP contribution in [0.4, 0.5) is 4.79 Å². The predicted octanol–water partition coefficient (Wildman–Crippen LogP) is 4.56. The molecule has 0 aromatic heterocycles. The van der Waals surface area contributed by atoms with Crippen LogP contribution in [-0.4, -0.2) is 28.7 Å². The molecule has 2 rings (SSSR count). The van der Waals surface area contributed by atoms with Gasteiger partial charge in [-0.1, -0.05) is 42.8 Å². The Morgan fingerprint density at radius 2 is 2.12 bits per heavy atom. The second-order valence-corrected chi connectivity index (χ2v) is 8.61. The van der Waals surface area contributed by atoms with Crippen molar-refractivity contribution in [2.24, 2.45) is 10.8 Å². The summed E-state index contributed by atoms with van der Waals surface area (Å²) in [4.78, 5) is 13.1. The third-order valence-electron chi connectivity index (χ3n) is 5.03. The van der Waals surface area contributed by atoms with E-state index in [9.17, 15) is 20.4 Å². The van der Waals surface area contributed by atoms with E-state index in [2.05, 4.69) is 28.1 Å². The highest BCUT2D eigenvalue weighted by Crippen LogP contribution is 2.44. The van der Waals surface area contributed by atoms with Crippen LogP contribution in [0.15, 0.2) is 22.7 Å². The molecule has 1 heterocycles. The molecule has 25 heavy (non-hydrogen) atoms. The van der Waals surface area contributed by atoms with Crippen molar-refractivity contribution >= 4 is 22.0 Å². The van der Waals surface area contributed by atoms with Gasteiger partial charge < -0.3 is 10.0 Å². The molecule has 0 radical (unpaired) electrons. The maximum Gasteiger partial charge on any atom is 0.407 e. The van der Waals surface area contributed by atoms with Crippen molar-refractivity contribution in [2.45, 2.75) is 46.1 Å². The number of likely N-dealkylation sites (tertiary alicyclic amines) is 1. The molecule has 132 valence electrons. The van der Waals surface area contributed by atoms with Crippen LogP contribution >= 0.6 is 15.9 Å². The molecule has 1 amide bonds. The fourth-order valence-corrected chi connectivity index (χ4v) is 4.06. The minimum Gasteiger partial charge on any atom is -0.465 e. The number of piperidine rings is 1. The molecular weight excluding hydrogens is 382 g/mol. The number of carboxylic acid groups (broad SMARTS) is 1. The van der Waals surface area contributed by atoms with Crippen LogP contribution in [-0.2, 0) is 6.42 Å². The van der Waals surface area contributed by atoms with Crippen LogP contribution in [0.25, 0.3) is 0 Å². The molecule has 2 atom stereocenters. The van der Waals surface area contributed by atoms with E-state index in [0.29, 0.717) is 31.4 Å². The number of nitriles is 2. The molecule has 0 aliphatic carbocycles. The molecule has 1 fully saturated rings. The van der Waals surface area contributed by atoms with Crippen molar-refractivity contribution < 1.29 is 9.90 Å². The van der Waals surface area contributed by atoms with Crippen LogP contribution in [0, 0.1) is 33.5 Å². The van der Waals surface area contributed by atoms with Crippen LogP contribution in [0.3, 0.4) is 0 Å². The zero-order valence-electron chi connectivity index (χ0n) is 14.7. The van der Waals surface area contributed by atoms with Crippen LogP contribution in [0.2, 0.25) is 0 Å². The Hall–Kier alpha value is -2.05. The van der Waals surface area contributed by atoms with Crippen molar-refractivity contribution in [2.75, 3.05) is 6.54 Å². The maximum atomic E-state index is 11.6. The van der Waals surface area contributed by atoms with Gasteiger partial charge in [-0.05, 0) is 42.4 Å². The molecule has 1 saturated heterocycles. The number of halogens is 1. The SMILES string of the molecule is CC(C)(C)C1CC(C#N)(Cc2c(Br)cccc2C#N)CCN1C(=O)O. The monoisotopic (exact) mass is 403 g/mol. The van der Waals surface area contributed by atoms with Crippen molar-refractivity contribution in [3.63, 3.8) is 0 Å². The van der Waals surface area contributed by atoms with Crippen molar-refractivity contribution in [1.82, 2.24) is 4.90 Å². The summed E-state index contributed by atoms with van der Waals surface area (Å²) in [6.45, 7) is 6.33. The Labute approximate surface area is 157 Å². The Morgan fingerprint density at radius 1 is 1.44 bits per heavy atom. The normalized spacial score (nSPS) is 23.6. The van der Waals surface area contributed by atoms with E-state index >= 15 is 0 Å². The lowest BCUT2D eigenvalue weighted by atomic mass is 9.67. The Morgan fingerprint density at radius 3 is 2.64 bits per heavy atom. The van der Waals surface area contributed by atoms with Crippen molar-refractivity contribution in [1.29, 1.82) is 10.5 Å². The first-order valence-electron chi connectivity index (χ1n) is 8.22. The first-order chi connectivity index (χ1) is 11.6. The van der Waals surface area contributed by atoms with Gasteiger partial charge >= 0.3 is 6.09 Å². The summed E-state index contributed by atoms with van der Waals surface area (Å²) in [5.74, 6) is 0. The standard InChI is InChI=1S/C19H22BrN3O2/c1-18(2,3)16-10-19(12-22,7-8-23(16)17(24)25)9-14-13(11-21)5-4-6-15(14)20/h4-6,16H,7-10H2,1-3H3,(H,24,25). The summed E-state index contributed by atoms with van der Waals surface area (Å²) in [7, 11) is 0. The highest BCUT2D eigenvalue weighted by molar-refractivity contribution is 9.10. The Balaban J connectivity index is 2.41. The molecule has 1 aromatic carbocycles. The van der Waals surface area contributed by atoms with Gasteiger partial charge in [0.2, 0.25) is 0 Å². The topological polar surface area (TPSA) is 88.1 Å². The van der Waals surface area contributed by atoms with Gasteiger partial charge in [-0.15, -0.1) is 0 Å². The summed E-state index contributed by atoms with van der Waals surface area (Å²) in [5, 5.41) is 28.9. The van der Waals surface area contributed by atoms with Gasteiger partial charge in [0.15, 0.2) is 0 Å². The summed E-state index contributed by atoms with van der Waals surface area (Å²) in [6.07, 6.45) is 0.429. The number of hydrogen-bond acceptors (Lipinski definition) is 3. The molecule has 2 unspecified atom stereocenters. The molecule has 1 aliphatic heterocycles. The lowest BCUT2D eigenvalue weighted by Crippen LogP contribution is -2.54. The highest BCUT2D eigenvalue weighted by atomic mass is 79.9. The minimum absolute atomic E-state index is 0.244. The number of carbonyl (C=O) groups is 1. The zero-order valence-corrected chi connectivity index (χ0v) is 16.3. The number of amides is 1. The van der Waals surface area contributed by atoms with Gasteiger partial charge in [0.25, 0.3) is 0 Å². The summed E-state index contributed by atoms with van der Waals surface area (Å²) in [5.41, 5.74) is 0.423. The van der Waals surface area contributed by atoms with E-state index in [1.54, 1.807) is 12.1 Å². The van der Waals surface area contributed by atoms with Gasteiger partial charge in [-0.2, -0.15) is 10.5 Å². The van der Waals surface area contributed by atoms with E-state index in [4.69, 9.17) is 0 Å². The molecule has 5 nitrogen and oxygen atoms in total. The lowest BCUT2D eigenvalue weighted by molar-refractivity contribution is 0.0227. The first kappa shape index (κ1) is 19.3. The quantitative estimate of drug-likeness (QED) is 0.783. The molecule has 0 bridgehead atoms. The zero-order chi connectivity index (χ0) is 18.8. The number of rotatable bonds is 2. The fourth-order valence-electron chi connectivity index (χ4n) is 3.56. The lowest BCUT2D eigenvalue weighted by Gasteiger charge is -2.47. The van der Waals surface area contributed by atoms with E-state index in [0.717, 1.165) is 10.0 Å². The largest absolute Gasteiger partial charge is 0.465 e. The maximum absolute atomic E-state index is 11.6. The summed E-state index contributed by atoms with van der Waals surface area (Å²) >= 11 is 3.49. The smallest absolute Gasteiger partial charge is 0.407 e. The Bertz CT molecular complexity index is 757. The molecule has 1 aromatic rings. The second kappa shape index (κ2) is 7.06. The Kier molecular flexibility index (Phi) is 5.44. The summed E-state index contributed by atoms with van der Waals surface area (Å²) < 4.78 is 0.814. The molecule has 1 aliphatic rings. The van der Waals surface area contributed by atoms with E-state index in [1.165, 1.54) is 4.90 Å². The third-order valence-corrected chi connectivity index (χ3v) is 5.77. The van der Waals surface area contributed by atoms with Gasteiger partial charge in [0.1, 0.15) is 0 Å². The number of nitrogens with zero attached hydrogens (tertiary/aromatic N) is 3. The predicted molar refractivity (Wildman–Crippen MR) is 97.8 cm³/mol. The van der Waals surface area contributed by atoms with Crippen LogP contribution in [0.5, 0.6) is 0 Å². The van der Waals surface area contributed by atoms with Gasteiger partial charge in [-0.3, -0.25) is 0 Å². The molecule has 6 heteroatoms. The highest BCUT2D eigenvalue weighted by Gasteiger charge is 2.46. The number of hydrogen-bond donors (Lipinski definition) is 1. The van der Waals surface area contributed by atoms with Gasteiger partial charge in [-0.25, -0.2) is 4.79 Å². The van der Waals surface area contributed by atoms with Gasteiger partial charge in [0.05, 0.1) is 23.1 Å². The molecule has 0 saturated carbocycles. The summed E-state index contributed by atoms with van der Waals surface area (Å²) in [6, 6.07) is 9.82. The van der Waals surface area contributed by atoms with Crippen LogP contribution in [0.1, 0.15) is 44.7 Å².